The molecular weight excluding hydrogens is 611 g/mol. The predicted octanol–water partition coefficient (Wildman–Crippen LogP) is 8.97. The summed E-state index contributed by atoms with van der Waals surface area (Å²) in [6.45, 7) is 0. The lowest BCUT2D eigenvalue weighted by atomic mass is 9.84. The highest BCUT2D eigenvalue weighted by atomic mass is 31.2. The maximum Gasteiger partial charge on any atom is 0.647 e. The Balaban J connectivity index is 0.998. The quantitative estimate of drug-likeness (QED) is 0.147. The van der Waals surface area contributed by atoms with Crippen molar-refractivity contribution in [3.8, 4) is 50.6 Å². The van der Waals surface area contributed by atoms with E-state index in [0.717, 1.165) is 33.4 Å². The van der Waals surface area contributed by atoms with Gasteiger partial charge in [-0.2, -0.15) is 4.57 Å². The molecule has 0 radical (unpaired) electrons. The summed E-state index contributed by atoms with van der Waals surface area (Å²) < 4.78 is 32.1. The second-order valence-electron chi connectivity index (χ2n) is 11.6. The monoisotopic (exact) mass is 632 g/mol. The second-order valence-corrected chi connectivity index (χ2v) is 13.0. The molecule has 0 fully saturated rings. The Labute approximate surface area is 268 Å². The average molecular weight is 633 g/mol. The first-order valence-corrected chi connectivity index (χ1v) is 16.3. The minimum absolute atomic E-state index is 0.0279. The van der Waals surface area contributed by atoms with Gasteiger partial charge in [0.1, 0.15) is 17.2 Å². The SMILES string of the molecule is O=C1c2ccc(-c3ccc(OP(=O)(Oc4ccc(-c5ccc6cc5C6=O)cc4)Oc4ccc(-c5ccc6cc5C6=O)cc4)cc3)c1c2. The van der Waals surface area contributed by atoms with Crippen LogP contribution in [0.3, 0.4) is 0 Å². The van der Waals surface area contributed by atoms with E-state index in [-0.39, 0.29) is 34.6 Å². The molecule has 47 heavy (non-hydrogen) atoms. The minimum Gasteiger partial charge on any atom is -0.386 e. The van der Waals surface area contributed by atoms with Crippen molar-refractivity contribution in [3.63, 3.8) is 0 Å². The van der Waals surface area contributed by atoms with E-state index in [0.29, 0.717) is 33.4 Å². The molecule has 6 aromatic rings. The van der Waals surface area contributed by atoms with E-state index in [1.54, 1.807) is 91.0 Å². The molecule has 0 aliphatic heterocycles. The Hall–Kier alpha value is -6.04. The van der Waals surface area contributed by atoms with Crippen LogP contribution in [-0.4, -0.2) is 17.3 Å². The number of benzene rings is 6. The van der Waals surface area contributed by atoms with Gasteiger partial charge in [0.25, 0.3) is 0 Å². The smallest absolute Gasteiger partial charge is 0.386 e. The highest BCUT2D eigenvalue weighted by Crippen LogP contribution is 2.50. The number of phosphoric acid groups is 1. The van der Waals surface area contributed by atoms with Crippen molar-refractivity contribution >= 4 is 25.2 Å². The fourth-order valence-corrected chi connectivity index (χ4v) is 7.39. The van der Waals surface area contributed by atoms with Gasteiger partial charge in [-0.05, 0) is 88.0 Å². The van der Waals surface area contributed by atoms with E-state index in [4.69, 9.17) is 13.6 Å². The highest BCUT2D eigenvalue weighted by Gasteiger charge is 2.34. The molecule has 0 saturated carbocycles. The molecule has 6 aromatic carbocycles. The molecule has 12 rings (SSSR count). The van der Waals surface area contributed by atoms with Crippen LogP contribution in [-0.2, 0) is 4.57 Å². The molecule has 0 atom stereocenters. The van der Waals surface area contributed by atoms with Crippen molar-refractivity contribution in [2.24, 2.45) is 0 Å². The molecule has 0 aromatic heterocycles. The van der Waals surface area contributed by atoms with Crippen LogP contribution in [0.1, 0.15) is 47.8 Å². The zero-order valence-electron chi connectivity index (χ0n) is 24.4. The lowest BCUT2D eigenvalue weighted by molar-refractivity contribution is 0.101. The summed E-state index contributed by atoms with van der Waals surface area (Å²) in [5, 5.41) is 0. The van der Waals surface area contributed by atoms with E-state index >= 15 is 0 Å². The van der Waals surface area contributed by atoms with Crippen LogP contribution in [0.4, 0.5) is 0 Å². The zero-order chi connectivity index (χ0) is 31.9. The van der Waals surface area contributed by atoms with Crippen LogP contribution in [0.15, 0.2) is 127 Å². The predicted molar refractivity (Wildman–Crippen MR) is 175 cm³/mol. The molecule has 0 unspecified atom stereocenters. The summed E-state index contributed by atoms with van der Waals surface area (Å²) in [5.74, 6) is 0.800. The third-order valence-electron chi connectivity index (χ3n) is 8.73. The van der Waals surface area contributed by atoms with Crippen LogP contribution in [0, 0.1) is 0 Å². The molecule has 8 heteroatoms. The second kappa shape index (κ2) is 9.98. The van der Waals surface area contributed by atoms with E-state index in [9.17, 15) is 18.9 Å². The van der Waals surface area contributed by atoms with Gasteiger partial charge >= 0.3 is 7.82 Å². The average Bonchev–Trinajstić information content (AvgIpc) is 3.11. The fourth-order valence-electron chi connectivity index (χ4n) is 6.14. The summed E-state index contributed by atoms with van der Waals surface area (Å²) in [6.07, 6.45) is 0. The van der Waals surface area contributed by atoms with Gasteiger partial charge in [-0.1, -0.05) is 72.8 Å². The van der Waals surface area contributed by atoms with Crippen LogP contribution in [0.5, 0.6) is 17.2 Å². The highest BCUT2D eigenvalue weighted by molar-refractivity contribution is 7.49. The fraction of sp³-hybridized carbons (Fsp3) is 0. The van der Waals surface area contributed by atoms with E-state index in [1.807, 2.05) is 36.4 Å². The maximum absolute atomic E-state index is 14.3. The third-order valence-corrected chi connectivity index (χ3v) is 10.0. The lowest BCUT2D eigenvalue weighted by Gasteiger charge is -2.21. The molecule has 0 saturated heterocycles. The summed E-state index contributed by atoms with van der Waals surface area (Å²) in [4.78, 5) is 36.6. The summed E-state index contributed by atoms with van der Waals surface area (Å²) in [7, 11) is -4.34. The largest absolute Gasteiger partial charge is 0.647 e. The maximum atomic E-state index is 14.3. The molecule has 6 aliphatic rings. The lowest BCUT2D eigenvalue weighted by Crippen LogP contribution is -2.14. The Kier molecular flexibility index (Phi) is 5.79. The Morgan fingerprint density at radius 1 is 0.319 bits per heavy atom. The summed E-state index contributed by atoms with van der Waals surface area (Å²) in [6, 6.07) is 37.2. The van der Waals surface area contributed by atoms with Gasteiger partial charge in [0.05, 0.1) is 0 Å². The number of carbonyl (C=O) groups excluding carboxylic acids is 3. The normalized spacial score (nSPS) is 13.3. The van der Waals surface area contributed by atoms with Crippen molar-refractivity contribution in [1.82, 2.24) is 0 Å². The van der Waals surface area contributed by atoms with Crippen molar-refractivity contribution in [2.75, 3.05) is 0 Å². The van der Waals surface area contributed by atoms with Gasteiger partial charge in [-0.3, -0.25) is 14.4 Å². The van der Waals surface area contributed by atoms with Gasteiger partial charge in [-0.25, -0.2) is 0 Å². The van der Waals surface area contributed by atoms with Crippen molar-refractivity contribution in [3.05, 3.63) is 161 Å². The Morgan fingerprint density at radius 3 is 0.809 bits per heavy atom. The molecule has 0 amide bonds. The number of hydrogen-bond donors (Lipinski definition) is 0. The number of carbonyl (C=O) groups is 3. The van der Waals surface area contributed by atoms with Gasteiger partial charge in [0.2, 0.25) is 0 Å². The van der Waals surface area contributed by atoms with Crippen LogP contribution in [0.25, 0.3) is 33.4 Å². The van der Waals surface area contributed by atoms with E-state index in [1.165, 1.54) is 0 Å². The topological polar surface area (TPSA) is 96.0 Å². The third kappa shape index (κ3) is 4.43. The number of ketones is 3. The minimum atomic E-state index is -4.34. The molecule has 0 heterocycles. The first kappa shape index (κ1) is 27.3. The van der Waals surface area contributed by atoms with Gasteiger partial charge < -0.3 is 13.6 Å². The summed E-state index contributed by atoms with van der Waals surface area (Å²) >= 11 is 0. The number of rotatable bonds is 9. The number of phosphoric ester groups is 1. The standard InChI is InChI=1S/C39H21O7P/c40-37-25-7-16-31(34(37)19-25)22-1-10-28(11-2-22)44-47(43,45-29-12-3-23(4-13-29)32-17-8-26-20-35(32)38(26)41)46-30-14-5-24(6-15-30)33-18-9-27-21-36(33)39(27)42/h1-21H. The molecule has 6 aliphatic carbocycles. The van der Waals surface area contributed by atoms with E-state index in [2.05, 4.69) is 0 Å². The first-order valence-electron chi connectivity index (χ1n) is 14.9. The van der Waals surface area contributed by atoms with Crippen molar-refractivity contribution < 1.29 is 32.5 Å². The van der Waals surface area contributed by atoms with E-state index < -0.39 is 7.82 Å². The number of fused-ring (bicyclic) bond motifs is 6. The van der Waals surface area contributed by atoms with Crippen molar-refractivity contribution in [1.29, 1.82) is 0 Å². The molecule has 0 N–H and O–H groups in total. The molecule has 224 valence electrons. The molecular formula is C39H21O7P. The summed E-state index contributed by atoms with van der Waals surface area (Å²) in [5.41, 5.74) is 8.96. The van der Waals surface area contributed by atoms with Crippen LogP contribution in [0.2, 0.25) is 0 Å². The van der Waals surface area contributed by atoms with Gasteiger partial charge in [0.15, 0.2) is 17.3 Å². The Morgan fingerprint density at radius 2 is 0.574 bits per heavy atom. The van der Waals surface area contributed by atoms with Crippen LogP contribution < -0.4 is 13.6 Å². The molecule has 6 bridgehead atoms. The van der Waals surface area contributed by atoms with Gasteiger partial charge in [0, 0.05) is 33.4 Å². The van der Waals surface area contributed by atoms with Crippen LogP contribution >= 0.6 is 7.82 Å². The first-order chi connectivity index (χ1) is 22.8. The zero-order valence-corrected chi connectivity index (χ0v) is 25.3. The Bertz CT molecular complexity index is 2110. The van der Waals surface area contributed by atoms with Gasteiger partial charge in [-0.15, -0.1) is 0 Å². The molecule has 7 nitrogen and oxygen atoms in total. The number of hydrogen-bond acceptors (Lipinski definition) is 7. The molecule has 0 spiro atoms. The van der Waals surface area contributed by atoms with Crippen molar-refractivity contribution in [2.45, 2.75) is 0 Å².